The Labute approximate surface area is 228 Å². The van der Waals surface area contributed by atoms with Crippen LogP contribution in [-0.4, -0.2) is 93.3 Å². The van der Waals surface area contributed by atoms with Crippen molar-refractivity contribution in [3.63, 3.8) is 0 Å². The van der Waals surface area contributed by atoms with E-state index in [0.717, 1.165) is 45.1 Å². The molecule has 0 spiro atoms. The lowest BCUT2D eigenvalue weighted by Gasteiger charge is -2.21. The predicted octanol–water partition coefficient (Wildman–Crippen LogP) is 1.52. The maximum Gasteiger partial charge on any atom is 0.246 e. The van der Waals surface area contributed by atoms with Crippen molar-refractivity contribution in [3.8, 4) is 11.8 Å². The van der Waals surface area contributed by atoms with E-state index in [2.05, 4.69) is 33.1 Å². The third-order valence-electron chi connectivity index (χ3n) is 5.42. The molecule has 2 atom stereocenters. The average Bonchev–Trinajstić information content (AvgIpc) is 3.30. The van der Waals surface area contributed by atoms with Crippen LogP contribution in [0.4, 0.5) is 0 Å². The quantitative estimate of drug-likeness (QED) is 0.126. The van der Waals surface area contributed by atoms with E-state index in [9.17, 15) is 19.2 Å². The first-order valence-electron chi connectivity index (χ1n) is 12.8. The van der Waals surface area contributed by atoms with Crippen molar-refractivity contribution < 1.29 is 34.4 Å². The van der Waals surface area contributed by atoms with Crippen molar-refractivity contribution >= 4 is 23.6 Å². The van der Waals surface area contributed by atoms with Crippen LogP contribution in [-0.2, 0) is 28.7 Å². The molecule has 1 heterocycles. The van der Waals surface area contributed by atoms with Gasteiger partial charge in [-0.05, 0) is 32.6 Å². The lowest BCUT2D eigenvalue weighted by Crippen LogP contribution is -2.43. The molecule has 11 nitrogen and oxygen atoms in total. The Bertz CT molecular complexity index is 770. The van der Waals surface area contributed by atoms with Crippen LogP contribution in [0.5, 0.6) is 0 Å². The highest BCUT2D eigenvalue weighted by Gasteiger charge is 2.24. The SMILES string of the molecule is C.CCCC#CC(CCC)OCC(=O)NCC(=O)NCC(=O)NCCOCNCC(=O)N1CCCC1C.[HH].[HH].[HH].[HH]. The van der Waals surface area contributed by atoms with Crippen molar-refractivity contribution in [2.75, 3.05) is 52.7 Å². The fraction of sp³-hybridized carbons (Fsp3) is 0.769. The van der Waals surface area contributed by atoms with E-state index in [1.54, 1.807) is 0 Å². The highest BCUT2D eigenvalue weighted by Crippen LogP contribution is 2.15. The van der Waals surface area contributed by atoms with Gasteiger partial charge in [-0.25, -0.2) is 0 Å². The summed E-state index contributed by atoms with van der Waals surface area (Å²) in [4.78, 5) is 49.5. The molecule has 11 heteroatoms. The molecule has 0 bridgehead atoms. The van der Waals surface area contributed by atoms with E-state index >= 15 is 0 Å². The number of nitrogens with zero attached hydrogens (tertiary/aromatic N) is 1. The maximum absolute atomic E-state index is 12.1. The summed E-state index contributed by atoms with van der Waals surface area (Å²) in [6.07, 6.45) is 5.16. The number of unbranched alkanes of at least 4 members (excludes halogenated alkanes) is 1. The molecule has 4 N–H and O–H groups in total. The topological polar surface area (TPSA) is 138 Å². The first-order valence-corrected chi connectivity index (χ1v) is 12.8. The van der Waals surface area contributed by atoms with Gasteiger partial charge in [0.2, 0.25) is 23.6 Å². The van der Waals surface area contributed by atoms with Gasteiger partial charge in [-0.2, -0.15) is 0 Å². The summed E-state index contributed by atoms with van der Waals surface area (Å²) in [5.74, 6) is 4.83. The van der Waals surface area contributed by atoms with Crippen LogP contribution in [0.25, 0.3) is 0 Å². The zero-order valence-corrected chi connectivity index (χ0v) is 22.0. The minimum absolute atomic E-state index is 0. The fourth-order valence-corrected chi connectivity index (χ4v) is 3.45. The highest BCUT2D eigenvalue weighted by atomic mass is 16.5. The molecular weight excluding hydrogens is 478 g/mol. The summed E-state index contributed by atoms with van der Waals surface area (Å²) >= 11 is 0. The standard InChI is InChI=1S/C25H43N5O6.CH4.4H2/c1-4-6-7-11-21(9-5-2)36-18-24(33)29-16-23(32)28-15-22(31)27-12-14-35-19-26-17-25(34)30-13-8-10-20(30)3;;;;;/h20-21,26H,4-6,8-10,12-19H2,1-3H3,(H,27,31)(H,28,32)(H,29,33);1H4;4*1H. The molecule has 1 aliphatic rings. The molecule has 1 rings (SSSR count). The Balaban J connectivity index is -0.000000864. The first-order chi connectivity index (χ1) is 17.4. The molecule has 1 fully saturated rings. The lowest BCUT2D eigenvalue weighted by molar-refractivity contribution is -0.131. The van der Waals surface area contributed by atoms with Gasteiger partial charge in [0.15, 0.2) is 0 Å². The number of carbonyl (C=O) groups excluding carboxylic acids is 4. The molecule has 0 radical (unpaired) electrons. The molecule has 0 saturated carbocycles. The molecular formula is C26H55N5O6. The minimum Gasteiger partial charge on any atom is -0.364 e. The summed E-state index contributed by atoms with van der Waals surface area (Å²) in [5.41, 5.74) is 0. The number of carbonyl (C=O) groups is 4. The summed E-state index contributed by atoms with van der Waals surface area (Å²) < 4.78 is 10.9. The summed E-state index contributed by atoms with van der Waals surface area (Å²) in [6.45, 7) is 7.22. The smallest absolute Gasteiger partial charge is 0.246 e. The molecule has 4 amide bonds. The summed E-state index contributed by atoms with van der Waals surface area (Å²) in [7, 11) is 0. The second-order valence-electron chi connectivity index (χ2n) is 8.62. The zero-order valence-electron chi connectivity index (χ0n) is 22.0. The van der Waals surface area contributed by atoms with E-state index in [0.29, 0.717) is 6.04 Å². The van der Waals surface area contributed by atoms with E-state index < -0.39 is 11.8 Å². The largest absolute Gasteiger partial charge is 0.364 e. The van der Waals surface area contributed by atoms with Crippen LogP contribution in [0.15, 0.2) is 0 Å². The molecule has 220 valence electrons. The van der Waals surface area contributed by atoms with Gasteiger partial charge >= 0.3 is 0 Å². The fourth-order valence-electron chi connectivity index (χ4n) is 3.45. The summed E-state index contributed by atoms with van der Waals surface area (Å²) in [5, 5.41) is 10.4. The Morgan fingerprint density at radius 1 is 1.03 bits per heavy atom. The van der Waals surface area contributed by atoms with Gasteiger partial charge < -0.3 is 30.3 Å². The van der Waals surface area contributed by atoms with Crippen LogP contribution >= 0.6 is 0 Å². The van der Waals surface area contributed by atoms with Gasteiger partial charge in [0, 0.05) is 31.3 Å². The molecule has 2 unspecified atom stereocenters. The van der Waals surface area contributed by atoms with Crippen LogP contribution in [0.2, 0.25) is 0 Å². The van der Waals surface area contributed by atoms with Gasteiger partial charge in [0.05, 0.1) is 33.0 Å². The number of likely N-dealkylation sites (tertiary alicyclic amines) is 1. The number of amides is 4. The van der Waals surface area contributed by atoms with Crippen molar-refractivity contribution in [2.24, 2.45) is 0 Å². The van der Waals surface area contributed by atoms with Crippen LogP contribution < -0.4 is 21.3 Å². The Hall–Kier alpha value is -2.68. The van der Waals surface area contributed by atoms with Gasteiger partial charge in [-0.3, -0.25) is 24.5 Å². The molecule has 0 aromatic rings. The van der Waals surface area contributed by atoms with Crippen LogP contribution in [0.3, 0.4) is 0 Å². The van der Waals surface area contributed by atoms with Gasteiger partial charge in [-0.1, -0.05) is 33.6 Å². The predicted molar refractivity (Wildman–Crippen MR) is 151 cm³/mol. The maximum atomic E-state index is 12.1. The van der Waals surface area contributed by atoms with Gasteiger partial charge in [0.1, 0.15) is 12.7 Å². The normalized spacial score (nSPS) is 15.1. The second-order valence-corrected chi connectivity index (χ2v) is 8.62. The van der Waals surface area contributed by atoms with Gasteiger partial charge in [0.25, 0.3) is 0 Å². The van der Waals surface area contributed by atoms with Crippen molar-refractivity contribution in [1.29, 1.82) is 0 Å². The lowest BCUT2D eigenvalue weighted by atomic mass is 10.2. The van der Waals surface area contributed by atoms with E-state index in [-0.39, 0.29) is 77.2 Å². The molecule has 0 aliphatic carbocycles. The molecule has 1 saturated heterocycles. The van der Waals surface area contributed by atoms with Crippen molar-refractivity contribution in [2.45, 2.75) is 78.9 Å². The summed E-state index contributed by atoms with van der Waals surface area (Å²) in [6, 6.07) is 0.292. The minimum atomic E-state index is -0.483. The number of nitrogens with one attached hydrogen (secondary N) is 4. The molecule has 1 aliphatic heterocycles. The monoisotopic (exact) mass is 533 g/mol. The number of rotatable bonds is 17. The molecule has 37 heavy (non-hydrogen) atoms. The zero-order chi connectivity index (χ0) is 26.6. The van der Waals surface area contributed by atoms with Crippen LogP contribution in [0, 0.1) is 11.8 Å². The second kappa shape index (κ2) is 21.4. The Morgan fingerprint density at radius 3 is 2.38 bits per heavy atom. The number of ether oxygens (including phenoxy) is 2. The van der Waals surface area contributed by atoms with Crippen molar-refractivity contribution in [1.82, 2.24) is 26.2 Å². The van der Waals surface area contributed by atoms with E-state index in [4.69, 9.17) is 9.47 Å². The Morgan fingerprint density at radius 2 is 1.73 bits per heavy atom. The van der Waals surface area contributed by atoms with E-state index in [1.807, 2.05) is 25.7 Å². The molecule has 0 aromatic heterocycles. The Kier molecular flexibility index (Phi) is 19.9. The van der Waals surface area contributed by atoms with E-state index in [1.165, 1.54) is 0 Å². The first kappa shape index (κ1) is 34.3. The third kappa shape index (κ3) is 16.6. The number of hydrogen-bond acceptors (Lipinski definition) is 7. The number of hydrogen-bond donors (Lipinski definition) is 4. The van der Waals surface area contributed by atoms with Gasteiger partial charge in [-0.15, -0.1) is 5.92 Å². The van der Waals surface area contributed by atoms with Crippen molar-refractivity contribution in [3.05, 3.63) is 0 Å². The third-order valence-corrected chi connectivity index (χ3v) is 5.42. The highest BCUT2D eigenvalue weighted by molar-refractivity contribution is 5.88. The molecule has 0 aromatic carbocycles. The van der Waals surface area contributed by atoms with Crippen LogP contribution in [0.1, 0.15) is 72.4 Å². The average molecular weight is 534 g/mol.